The normalized spacial score (nSPS) is 17.1. The predicted octanol–water partition coefficient (Wildman–Crippen LogP) is 6.10. The van der Waals surface area contributed by atoms with E-state index in [4.69, 9.17) is 21.1 Å². The third-order valence-electron chi connectivity index (χ3n) is 6.41. The van der Waals surface area contributed by atoms with Crippen molar-refractivity contribution in [2.24, 2.45) is 0 Å². The van der Waals surface area contributed by atoms with Crippen molar-refractivity contribution in [3.05, 3.63) is 99.6 Å². The second-order valence-electron chi connectivity index (χ2n) is 8.90. The average Bonchev–Trinajstić information content (AvgIpc) is 3.13. The van der Waals surface area contributed by atoms with Gasteiger partial charge in [0.2, 0.25) is 0 Å². The minimum atomic E-state index is -0.820. The summed E-state index contributed by atoms with van der Waals surface area (Å²) in [6, 6.07) is 19.0. The topological polar surface area (TPSA) is 76.1 Å². The van der Waals surface area contributed by atoms with Crippen molar-refractivity contribution in [1.29, 1.82) is 0 Å². The van der Waals surface area contributed by atoms with Crippen LogP contribution in [0.1, 0.15) is 48.1 Å². The van der Waals surface area contributed by atoms with Crippen molar-refractivity contribution < 1.29 is 24.2 Å². The molecule has 1 amide bonds. The molecule has 1 fully saturated rings. The first-order chi connectivity index (χ1) is 17.3. The summed E-state index contributed by atoms with van der Waals surface area (Å²) in [5.41, 5.74) is 2.79. The highest BCUT2D eigenvalue weighted by atomic mass is 35.5. The van der Waals surface area contributed by atoms with E-state index in [1.807, 2.05) is 42.5 Å². The van der Waals surface area contributed by atoms with Gasteiger partial charge in [0.1, 0.15) is 17.3 Å². The second kappa shape index (κ2) is 10.5. The number of Topliss-reactive ketones (excluding diaryl/α,β-unsaturated/α-hetero) is 1. The number of nitrogens with zero attached hydrogens (tertiary/aromatic N) is 1. The fourth-order valence-electron chi connectivity index (χ4n) is 4.48. The molecule has 3 aromatic carbocycles. The Hall–Kier alpha value is -3.77. The highest BCUT2D eigenvalue weighted by Crippen LogP contribution is 2.43. The van der Waals surface area contributed by atoms with Gasteiger partial charge in [-0.2, -0.15) is 0 Å². The Labute approximate surface area is 215 Å². The molecule has 1 saturated heterocycles. The first-order valence-electron chi connectivity index (χ1n) is 11.6. The van der Waals surface area contributed by atoms with Crippen molar-refractivity contribution in [2.45, 2.75) is 32.4 Å². The minimum Gasteiger partial charge on any atom is -0.507 e. The molecule has 1 N–H and O–H groups in total. The number of hydrogen-bond acceptors (Lipinski definition) is 5. The number of methoxy groups -OCH3 is 2. The van der Waals surface area contributed by atoms with Gasteiger partial charge in [-0.15, -0.1) is 0 Å². The Morgan fingerprint density at radius 3 is 2.28 bits per heavy atom. The molecule has 0 spiro atoms. The number of carbonyl (C=O) groups is 2. The van der Waals surface area contributed by atoms with E-state index in [0.717, 1.165) is 11.1 Å². The Kier molecular flexibility index (Phi) is 7.36. The molecule has 4 rings (SSSR count). The number of halogens is 1. The van der Waals surface area contributed by atoms with Crippen LogP contribution in [-0.2, 0) is 16.1 Å². The van der Waals surface area contributed by atoms with E-state index in [-0.39, 0.29) is 23.4 Å². The fourth-order valence-corrected chi connectivity index (χ4v) is 4.65. The van der Waals surface area contributed by atoms with Crippen molar-refractivity contribution >= 4 is 29.1 Å². The number of aliphatic hydroxyl groups excluding tert-OH is 1. The maximum absolute atomic E-state index is 13.4. The molecule has 0 radical (unpaired) electrons. The molecule has 1 aliphatic rings. The molecule has 0 aliphatic carbocycles. The summed E-state index contributed by atoms with van der Waals surface area (Å²) in [5, 5.41) is 11.8. The van der Waals surface area contributed by atoms with Crippen molar-refractivity contribution in [3.8, 4) is 11.5 Å². The quantitative estimate of drug-likeness (QED) is 0.238. The molecule has 0 bridgehead atoms. The molecule has 1 aliphatic heterocycles. The van der Waals surface area contributed by atoms with E-state index in [1.165, 1.54) is 18.1 Å². The van der Waals surface area contributed by atoms with Crippen LogP contribution in [0.25, 0.3) is 5.76 Å². The first kappa shape index (κ1) is 25.3. The smallest absolute Gasteiger partial charge is 0.295 e. The molecule has 3 aromatic rings. The minimum absolute atomic E-state index is 0.0206. The van der Waals surface area contributed by atoms with Crippen LogP contribution in [0.15, 0.2) is 72.3 Å². The summed E-state index contributed by atoms with van der Waals surface area (Å²) >= 11 is 6.19. The standard InChI is InChI=1S/C29H28ClNO5/c1-17(2)18-9-11-19(12-10-18)26-25(27(32)22-15-21(30)13-14-24(22)36-4)28(33)29(34)31(26)16-20-7-5-6-8-23(20)35-3/h5-15,17,26,32H,16H2,1-4H3/b27-25+. The lowest BCUT2D eigenvalue weighted by Crippen LogP contribution is -2.29. The zero-order valence-electron chi connectivity index (χ0n) is 20.6. The largest absolute Gasteiger partial charge is 0.507 e. The predicted molar refractivity (Wildman–Crippen MR) is 139 cm³/mol. The van der Waals surface area contributed by atoms with Crippen molar-refractivity contribution in [3.63, 3.8) is 0 Å². The van der Waals surface area contributed by atoms with E-state index in [0.29, 0.717) is 28.0 Å². The van der Waals surface area contributed by atoms with Crippen LogP contribution in [0.4, 0.5) is 0 Å². The van der Waals surface area contributed by atoms with E-state index < -0.39 is 17.7 Å². The molecule has 0 aromatic heterocycles. The van der Waals surface area contributed by atoms with E-state index in [2.05, 4.69) is 13.8 Å². The van der Waals surface area contributed by atoms with Gasteiger partial charge in [0.25, 0.3) is 11.7 Å². The summed E-state index contributed by atoms with van der Waals surface area (Å²) in [4.78, 5) is 28.2. The lowest BCUT2D eigenvalue weighted by atomic mass is 9.93. The zero-order valence-corrected chi connectivity index (χ0v) is 21.4. The number of likely N-dealkylation sites (tertiary alicyclic amines) is 1. The third kappa shape index (κ3) is 4.69. The van der Waals surface area contributed by atoms with Crippen LogP contribution < -0.4 is 9.47 Å². The van der Waals surface area contributed by atoms with Gasteiger partial charge in [0.05, 0.1) is 37.9 Å². The number of hydrogen-bond donors (Lipinski definition) is 1. The van der Waals surface area contributed by atoms with Gasteiger partial charge in [-0.25, -0.2) is 0 Å². The Morgan fingerprint density at radius 2 is 1.64 bits per heavy atom. The average molecular weight is 506 g/mol. The van der Waals surface area contributed by atoms with Gasteiger partial charge in [-0.1, -0.05) is 67.9 Å². The maximum Gasteiger partial charge on any atom is 0.295 e. The fraction of sp³-hybridized carbons (Fsp3) is 0.241. The van der Waals surface area contributed by atoms with Gasteiger partial charge in [-0.05, 0) is 41.3 Å². The summed E-state index contributed by atoms with van der Waals surface area (Å²) in [7, 11) is 3.02. The molecule has 1 unspecified atom stereocenters. The summed E-state index contributed by atoms with van der Waals surface area (Å²) < 4.78 is 10.9. The van der Waals surface area contributed by atoms with Crippen LogP contribution >= 0.6 is 11.6 Å². The molecular weight excluding hydrogens is 478 g/mol. The van der Waals surface area contributed by atoms with Crippen LogP contribution in [0.2, 0.25) is 5.02 Å². The van der Waals surface area contributed by atoms with Gasteiger partial charge in [-0.3, -0.25) is 9.59 Å². The first-order valence-corrected chi connectivity index (χ1v) is 12.0. The number of para-hydroxylation sites is 1. The lowest BCUT2D eigenvalue weighted by molar-refractivity contribution is -0.140. The summed E-state index contributed by atoms with van der Waals surface area (Å²) in [5.74, 6) is -0.571. The number of carbonyl (C=O) groups excluding carboxylic acids is 2. The van der Waals surface area contributed by atoms with Gasteiger partial charge >= 0.3 is 0 Å². The second-order valence-corrected chi connectivity index (χ2v) is 9.34. The zero-order chi connectivity index (χ0) is 26.0. The number of rotatable bonds is 7. The van der Waals surface area contributed by atoms with E-state index in [1.54, 1.807) is 25.3 Å². The highest BCUT2D eigenvalue weighted by Gasteiger charge is 2.46. The summed E-state index contributed by atoms with van der Waals surface area (Å²) in [6.45, 7) is 4.30. The molecule has 186 valence electrons. The molecule has 1 atom stereocenters. The molecule has 7 heteroatoms. The molecule has 6 nitrogen and oxygen atoms in total. The Bertz CT molecular complexity index is 1330. The Morgan fingerprint density at radius 1 is 0.972 bits per heavy atom. The molecule has 0 saturated carbocycles. The highest BCUT2D eigenvalue weighted by molar-refractivity contribution is 6.46. The van der Waals surface area contributed by atoms with Gasteiger partial charge < -0.3 is 19.5 Å². The maximum atomic E-state index is 13.4. The van der Waals surface area contributed by atoms with Crippen molar-refractivity contribution in [1.82, 2.24) is 4.90 Å². The number of ether oxygens (including phenoxy) is 2. The van der Waals surface area contributed by atoms with Crippen LogP contribution in [0, 0.1) is 0 Å². The number of aliphatic hydroxyl groups is 1. The molecular formula is C29H28ClNO5. The number of ketones is 1. The monoisotopic (exact) mass is 505 g/mol. The third-order valence-corrected chi connectivity index (χ3v) is 6.64. The van der Waals surface area contributed by atoms with Gasteiger partial charge in [0, 0.05) is 10.6 Å². The van der Waals surface area contributed by atoms with E-state index >= 15 is 0 Å². The van der Waals surface area contributed by atoms with Crippen LogP contribution in [-0.4, -0.2) is 35.9 Å². The van der Waals surface area contributed by atoms with Gasteiger partial charge in [0.15, 0.2) is 0 Å². The molecule has 1 heterocycles. The summed E-state index contributed by atoms with van der Waals surface area (Å²) in [6.07, 6.45) is 0. The SMILES string of the molecule is COc1ccccc1CN1C(=O)C(=O)/C(=C(/O)c2cc(Cl)ccc2OC)C1c1ccc(C(C)C)cc1. The van der Waals surface area contributed by atoms with Crippen molar-refractivity contribution in [2.75, 3.05) is 14.2 Å². The lowest BCUT2D eigenvalue weighted by Gasteiger charge is -2.26. The van der Waals surface area contributed by atoms with Crippen LogP contribution in [0.3, 0.4) is 0 Å². The number of amides is 1. The number of benzene rings is 3. The van der Waals surface area contributed by atoms with E-state index in [9.17, 15) is 14.7 Å². The molecule has 36 heavy (non-hydrogen) atoms. The van der Waals surface area contributed by atoms with Crippen LogP contribution in [0.5, 0.6) is 11.5 Å². The Balaban J connectivity index is 1.91.